The Balaban J connectivity index is 1.63. The summed E-state index contributed by atoms with van der Waals surface area (Å²) in [5, 5.41) is 6.90. The van der Waals surface area contributed by atoms with E-state index in [0.29, 0.717) is 18.5 Å². The predicted octanol–water partition coefficient (Wildman–Crippen LogP) is 3.93. The molecule has 0 aliphatic heterocycles. The van der Waals surface area contributed by atoms with Gasteiger partial charge in [-0.05, 0) is 37.5 Å². The summed E-state index contributed by atoms with van der Waals surface area (Å²) < 4.78 is 0. The first-order chi connectivity index (χ1) is 11.3. The van der Waals surface area contributed by atoms with Gasteiger partial charge in [-0.3, -0.25) is 4.98 Å². The topological polar surface area (TPSA) is 62.7 Å². The van der Waals surface area contributed by atoms with Crippen molar-refractivity contribution in [2.45, 2.75) is 58.0 Å². The van der Waals surface area contributed by atoms with Gasteiger partial charge < -0.3 is 10.6 Å². The predicted molar refractivity (Wildman–Crippen MR) is 93.4 cm³/mol. The van der Waals surface area contributed by atoms with Crippen LogP contribution in [0.15, 0.2) is 30.6 Å². The largest absolute Gasteiger partial charge is 0.367 e. The fourth-order valence-electron chi connectivity index (χ4n) is 3.04. The van der Waals surface area contributed by atoms with Gasteiger partial charge in [0, 0.05) is 36.7 Å². The van der Waals surface area contributed by atoms with Crippen LogP contribution in [-0.4, -0.2) is 21.0 Å². The normalized spacial score (nSPS) is 15.9. The van der Waals surface area contributed by atoms with Gasteiger partial charge in [-0.2, -0.15) is 4.98 Å². The zero-order valence-corrected chi connectivity index (χ0v) is 13.8. The second kappa shape index (κ2) is 7.90. The molecule has 0 radical (unpaired) electrons. The van der Waals surface area contributed by atoms with Crippen molar-refractivity contribution >= 4 is 11.8 Å². The molecule has 0 amide bonds. The molecule has 0 bridgehead atoms. The number of nitrogens with zero attached hydrogens (tertiary/aromatic N) is 3. The molecule has 0 aromatic carbocycles. The summed E-state index contributed by atoms with van der Waals surface area (Å²) in [6.45, 7) is 2.71. The molecule has 5 heteroatoms. The molecular formula is C18H25N5. The SMILES string of the molecule is Cc1cc(NC2CCCCCC2)nc(NCc2ccncc2)n1. The van der Waals surface area contributed by atoms with E-state index in [1.54, 1.807) is 12.4 Å². The highest BCUT2D eigenvalue weighted by Gasteiger charge is 2.13. The van der Waals surface area contributed by atoms with Gasteiger partial charge in [0.25, 0.3) is 0 Å². The van der Waals surface area contributed by atoms with E-state index in [9.17, 15) is 0 Å². The summed E-state index contributed by atoms with van der Waals surface area (Å²) in [5.74, 6) is 1.61. The molecule has 0 saturated heterocycles. The molecule has 2 aromatic rings. The maximum absolute atomic E-state index is 4.62. The third-order valence-electron chi connectivity index (χ3n) is 4.26. The first-order valence-corrected chi connectivity index (χ1v) is 8.54. The lowest BCUT2D eigenvalue weighted by Crippen LogP contribution is -2.19. The van der Waals surface area contributed by atoms with Crippen molar-refractivity contribution in [3.8, 4) is 0 Å². The highest BCUT2D eigenvalue weighted by Crippen LogP contribution is 2.21. The maximum Gasteiger partial charge on any atom is 0.225 e. The van der Waals surface area contributed by atoms with E-state index in [1.807, 2.05) is 25.1 Å². The monoisotopic (exact) mass is 311 g/mol. The highest BCUT2D eigenvalue weighted by molar-refractivity contribution is 5.43. The quantitative estimate of drug-likeness (QED) is 0.819. The van der Waals surface area contributed by atoms with Crippen LogP contribution in [0.25, 0.3) is 0 Å². The Morgan fingerprint density at radius 2 is 1.78 bits per heavy atom. The van der Waals surface area contributed by atoms with E-state index in [-0.39, 0.29) is 0 Å². The first-order valence-electron chi connectivity index (χ1n) is 8.54. The molecule has 2 N–H and O–H groups in total. The molecular weight excluding hydrogens is 286 g/mol. The molecule has 1 aliphatic carbocycles. The minimum atomic E-state index is 0.542. The first kappa shape index (κ1) is 15.7. The van der Waals surface area contributed by atoms with Crippen LogP contribution in [0.3, 0.4) is 0 Å². The van der Waals surface area contributed by atoms with Gasteiger partial charge in [0.05, 0.1) is 0 Å². The Labute approximate surface area is 138 Å². The number of aryl methyl sites for hydroxylation is 1. The van der Waals surface area contributed by atoms with Crippen molar-refractivity contribution in [3.63, 3.8) is 0 Å². The maximum atomic E-state index is 4.62. The Morgan fingerprint density at radius 3 is 2.52 bits per heavy atom. The van der Waals surface area contributed by atoms with Crippen molar-refractivity contribution in [1.29, 1.82) is 0 Å². The van der Waals surface area contributed by atoms with Gasteiger partial charge in [0.15, 0.2) is 0 Å². The van der Waals surface area contributed by atoms with Crippen molar-refractivity contribution in [3.05, 3.63) is 41.9 Å². The average Bonchev–Trinajstić information content (AvgIpc) is 2.82. The van der Waals surface area contributed by atoms with E-state index >= 15 is 0 Å². The smallest absolute Gasteiger partial charge is 0.225 e. The fourth-order valence-corrected chi connectivity index (χ4v) is 3.04. The minimum absolute atomic E-state index is 0.542. The zero-order chi connectivity index (χ0) is 15.9. The molecule has 3 rings (SSSR count). The van der Waals surface area contributed by atoms with Crippen molar-refractivity contribution < 1.29 is 0 Å². The molecule has 0 spiro atoms. The van der Waals surface area contributed by atoms with E-state index < -0.39 is 0 Å². The fraction of sp³-hybridized carbons (Fsp3) is 0.500. The van der Waals surface area contributed by atoms with Crippen LogP contribution >= 0.6 is 0 Å². The third-order valence-corrected chi connectivity index (χ3v) is 4.26. The molecule has 2 aromatic heterocycles. The second-order valence-electron chi connectivity index (χ2n) is 6.26. The van der Waals surface area contributed by atoms with Gasteiger partial charge in [0.1, 0.15) is 5.82 Å². The summed E-state index contributed by atoms with van der Waals surface area (Å²) in [5.41, 5.74) is 2.15. The summed E-state index contributed by atoms with van der Waals surface area (Å²) >= 11 is 0. The van der Waals surface area contributed by atoms with Gasteiger partial charge in [-0.15, -0.1) is 0 Å². The molecule has 0 atom stereocenters. The minimum Gasteiger partial charge on any atom is -0.367 e. The number of rotatable bonds is 5. The standard InChI is InChI=1S/C18H25N5/c1-14-12-17(22-16-6-4-2-3-5-7-16)23-18(21-14)20-13-15-8-10-19-11-9-15/h8-12,16H,2-7,13H2,1H3,(H2,20,21,22,23). The molecule has 0 unspecified atom stereocenters. The van der Waals surface area contributed by atoms with Crippen molar-refractivity contribution in [2.24, 2.45) is 0 Å². The Morgan fingerprint density at radius 1 is 1.04 bits per heavy atom. The van der Waals surface area contributed by atoms with E-state index in [4.69, 9.17) is 0 Å². The summed E-state index contributed by atoms with van der Waals surface area (Å²) in [4.78, 5) is 13.1. The molecule has 5 nitrogen and oxygen atoms in total. The van der Waals surface area contributed by atoms with Crippen LogP contribution in [0, 0.1) is 6.92 Å². The summed E-state index contributed by atoms with van der Waals surface area (Å²) in [7, 11) is 0. The molecule has 1 fully saturated rings. The van der Waals surface area contributed by atoms with Crippen molar-refractivity contribution in [1.82, 2.24) is 15.0 Å². The number of nitrogens with one attached hydrogen (secondary N) is 2. The van der Waals surface area contributed by atoms with E-state index in [0.717, 1.165) is 11.5 Å². The van der Waals surface area contributed by atoms with Crippen LogP contribution in [0.2, 0.25) is 0 Å². The molecule has 1 aliphatic rings. The molecule has 2 heterocycles. The molecule has 122 valence electrons. The van der Waals surface area contributed by atoms with E-state index in [1.165, 1.54) is 44.1 Å². The van der Waals surface area contributed by atoms with E-state index in [2.05, 4.69) is 25.6 Å². The second-order valence-corrected chi connectivity index (χ2v) is 6.26. The van der Waals surface area contributed by atoms with Crippen LogP contribution in [0.5, 0.6) is 0 Å². The lowest BCUT2D eigenvalue weighted by Gasteiger charge is -2.17. The number of anilines is 2. The Kier molecular flexibility index (Phi) is 5.40. The number of hydrogen-bond acceptors (Lipinski definition) is 5. The summed E-state index contributed by atoms with van der Waals surface area (Å²) in [6, 6.07) is 6.56. The molecule has 1 saturated carbocycles. The third kappa shape index (κ3) is 4.91. The van der Waals surface area contributed by atoms with Crippen LogP contribution in [-0.2, 0) is 6.54 Å². The molecule has 23 heavy (non-hydrogen) atoms. The van der Waals surface area contributed by atoms with Crippen LogP contribution in [0.1, 0.15) is 49.8 Å². The number of aromatic nitrogens is 3. The lowest BCUT2D eigenvalue weighted by atomic mass is 10.1. The highest BCUT2D eigenvalue weighted by atomic mass is 15.1. The van der Waals surface area contributed by atoms with Gasteiger partial charge in [-0.1, -0.05) is 25.7 Å². The van der Waals surface area contributed by atoms with Crippen molar-refractivity contribution in [2.75, 3.05) is 10.6 Å². The number of pyridine rings is 1. The van der Waals surface area contributed by atoms with Gasteiger partial charge in [0.2, 0.25) is 5.95 Å². The van der Waals surface area contributed by atoms with Gasteiger partial charge in [-0.25, -0.2) is 4.98 Å². The Bertz CT molecular complexity index is 606. The summed E-state index contributed by atoms with van der Waals surface area (Å²) in [6.07, 6.45) is 11.4. The van der Waals surface area contributed by atoms with Crippen LogP contribution < -0.4 is 10.6 Å². The van der Waals surface area contributed by atoms with Crippen LogP contribution in [0.4, 0.5) is 11.8 Å². The zero-order valence-electron chi connectivity index (χ0n) is 13.8. The average molecular weight is 311 g/mol. The number of hydrogen-bond donors (Lipinski definition) is 2. The van der Waals surface area contributed by atoms with Gasteiger partial charge >= 0.3 is 0 Å². The Hall–Kier alpha value is -2.17. The lowest BCUT2D eigenvalue weighted by molar-refractivity contribution is 0.617.